The summed E-state index contributed by atoms with van der Waals surface area (Å²) in [5.41, 5.74) is 1.26. The molecule has 0 bridgehead atoms. The van der Waals surface area contributed by atoms with E-state index in [1.54, 1.807) is 50.5 Å². The molecule has 2 rings (SSSR count). The Labute approximate surface area is 177 Å². The van der Waals surface area contributed by atoms with Crippen LogP contribution in [-0.4, -0.2) is 43.3 Å². The Morgan fingerprint density at radius 1 is 0.967 bits per heavy atom. The highest BCUT2D eigenvalue weighted by atomic mass is 16.5. The largest absolute Gasteiger partial charge is 0.484 e. The van der Waals surface area contributed by atoms with Gasteiger partial charge < -0.3 is 20.3 Å². The van der Waals surface area contributed by atoms with Crippen LogP contribution < -0.4 is 15.4 Å². The minimum absolute atomic E-state index is 0.0589. The summed E-state index contributed by atoms with van der Waals surface area (Å²) in [6.07, 6.45) is 0.342. The summed E-state index contributed by atoms with van der Waals surface area (Å²) in [6.45, 7) is 3.84. The van der Waals surface area contributed by atoms with Gasteiger partial charge in [-0.2, -0.15) is 0 Å². The monoisotopic (exact) mass is 411 g/mol. The van der Waals surface area contributed by atoms with Crippen molar-refractivity contribution in [2.24, 2.45) is 5.92 Å². The maximum Gasteiger partial charge on any atom is 0.259 e. The molecule has 0 fully saturated rings. The van der Waals surface area contributed by atoms with Crippen molar-refractivity contribution >= 4 is 23.4 Å². The molecule has 1 atom stereocenters. The lowest BCUT2D eigenvalue weighted by molar-refractivity contribution is -0.130. The van der Waals surface area contributed by atoms with Crippen molar-refractivity contribution in [3.05, 3.63) is 60.2 Å². The number of nitrogens with zero attached hydrogens (tertiary/aromatic N) is 1. The summed E-state index contributed by atoms with van der Waals surface area (Å²) < 4.78 is 5.43. The molecule has 0 heterocycles. The fourth-order valence-corrected chi connectivity index (χ4v) is 2.66. The first-order chi connectivity index (χ1) is 14.3. The highest BCUT2D eigenvalue weighted by Crippen LogP contribution is 2.19. The molecule has 2 aromatic rings. The van der Waals surface area contributed by atoms with E-state index in [2.05, 4.69) is 10.6 Å². The molecule has 30 heavy (non-hydrogen) atoms. The topological polar surface area (TPSA) is 87.7 Å². The SMILES string of the molecule is CC(C)CC(=O)NC(C(=O)Nc1ccc(OCC(=O)N(C)C)cc1)c1ccccc1. The number of amides is 3. The number of likely N-dealkylation sites (N-methyl/N-ethyl adjacent to an activating group) is 1. The van der Waals surface area contributed by atoms with Gasteiger partial charge >= 0.3 is 0 Å². The fraction of sp³-hybridized carbons (Fsp3) is 0.348. The Morgan fingerprint density at radius 3 is 2.17 bits per heavy atom. The molecular formula is C23H29N3O4. The second-order valence-corrected chi connectivity index (χ2v) is 7.60. The first-order valence-corrected chi connectivity index (χ1v) is 9.84. The zero-order chi connectivity index (χ0) is 22.1. The van der Waals surface area contributed by atoms with Crippen LogP contribution in [-0.2, 0) is 14.4 Å². The summed E-state index contributed by atoms with van der Waals surface area (Å²) in [5, 5.41) is 5.65. The molecule has 2 N–H and O–H groups in total. The number of carbonyl (C=O) groups is 3. The van der Waals surface area contributed by atoms with Gasteiger partial charge in [0.05, 0.1) is 0 Å². The summed E-state index contributed by atoms with van der Waals surface area (Å²) in [5.74, 6) is 0.0535. The number of hydrogen-bond donors (Lipinski definition) is 2. The van der Waals surface area contributed by atoms with Gasteiger partial charge in [-0.15, -0.1) is 0 Å². The van der Waals surface area contributed by atoms with Gasteiger partial charge in [0.1, 0.15) is 11.8 Å². The third-order valence-electron chi connectivity index (χ3n) is 4.28. The maximum atomic E-state index is 12.9. The summed E-state index contributed by atoms with van der Waals surface area (Å²) >= 11 is 0. The van der Waals surface area contributed by atoms with Crippen LogP contribution in [0.3, 0.4) is 0 Å². The lowest BCUT2D eigenvalue weighted by atomic mass is 10.0. The van der Waals surface area contributed by atoms with Crippen LogP contribution in [0, 0.1) is 5.92 Å². The van der Waals surface area contributed by atoms with E-state index in [0.717, 1.165) is 0 Å². The van der Waals surface area contributed by atoms with E-state index in [0.29, 0.717) is 23.4 Å². The van der Waals surface area contributed by atoms with Crippen LogP contribution in [0.4, 0.5) is 5.69 Å². The molecule has 3 amide bonds. The minimum atomic E-state index is -0.800. The molecule has 0 radical (unpaired) electrons. The van der Waals surface area contributed by atoms with Crippen LogP contribution >= 0.6 is 0 Å². The van der Waals surface area contributed by atoms with Crippen molar-refractivity contribution in [2.45, 2.75) is 26.3 Å². The van der Waals surface area contributed by atoms with Gasteiger partial charge in [0, 0.05) is 26.2 Å². The van der Waals surface area contributed by atoms with E-state index in [9.17, 15) is 14.4 Å². The predicted octanol–water partition coefficient (Wildman–Crippen LogP) is 3.00. The second kappa shape index (κ2) is 11.0. The highest BCUT2D eigenvalue weighted by Gasteiger charge is 2.23. The van der Waals surface area contributed by atoms with E-state index in [4.69, 9.17) is 4.74 Å². The number of ether oxygens (including phenoxy) is 1. The van der Waals surface area contributed by atoms with E-state index in [1.165, 1.54) is 4.90 Å². The highest BCUT2D eigenvalue weighted by molar-refractivity contribution is 5.97. The minimum Gasteiger partial charge on any atom is -0.484 e. The van der Waals surface area contributed by atoms with Crippen LogP contribution in [0.2, 0.25) is 0 Å². The van der Waals surface area contributed by atoms with E-state index < -0.39 is 6.04 Å². The standard InChI is InChI=1S/C23H29N3O4/c1-16(2)14-20(27)25-22(17-8-6-5-7-9-17)23(29)24-18-10-12-19(13-11-18)30-15-21(28)26(3)4/h5-13,16,22H,14-15H2,1-4H3,(H,24,29)(H,25,27). The average Bonchev–Trinajstić information content (AvgIpc) is 2.71. The normalized spacial score (nSPS) is 11.5. The molecule has 0 aliphatic heterocycles. The van der Waals surface area contributed by atoms with Crippen molar-refractivity contribution in [3.8, 4) is 5.75 Å². The van der Waals surface area contributed by atoms with E-state index in [1.807, 2.05) is 32.0 Å². The molecule has 0 aliphatic rings. The van der Waals surface area contributed by atoms with Gasteiger partial charge in [0.2, 0.25) is 5.91 Å². The molecule has 0 aliphatic carbocycles. The smallest absolute Gasteiger partial charge is 0.259 e. The molecule has 0 saturated carbocycles. The van der Waals surface area contributed by atoms with Gasteiger partial charge in [-0.25, -0.2) is 0 Å². The first-order valence-electron chi connectivity index (χ1n) is 9.84. The van der Waals surface area contributed by atoms with Crippen LogP contribution in [0.25, 0.3) is 0 Å². The summed E-state index contributed by atoms with van der Waals surface area (Å²) in [6, 6.07) is 15.0. The number of nitrogens with one attached hydrogen (secondary N) is 2. The van der Waals surface area contributed by atoms with E-state index in [-0.39, 0.29) is 30.2 Å². The lowest BCUT2D eigenvalue weighted by Gasteiger charge is -2.20. The van der Waals surface area contributed by atoms with Crippen molar-refractivity contribution in [1.82, 2.24) is 10.2 Å². The second-order valence-electron chi connectivity index (χ2n) is 7.60. The summed E-state index contributed by atoms with van der Waals surface area (Å²) in [7, 11) is 3.32. The van der Waals surface area contributed by atoms with Gasteiger partial charge in [-0.1, -0.05) is 44.2 Å². The Kier molecular flexibility index (Phi) is 8.41. The van der Waals surface area contributed by atoms with Gasteiger partial charge in [0.25, 0.3) is 11.8 Å². The Morgan fingerprint density at radius 2 is 1.60 bits per heavy atom. The Balaban J connectivity index is 2.05. The zero-order valence-corrected chi connectivity index (χ0v) is 17.8. The molecule has 7 heteroatoms. The van der Waals surface area contributed by atoms with Crippen LogP contribution in [0.15, 0.2) is 54.6 Å². The average molecular weight is 412 g/mol. The number of benzene rings is 2. The van der Waals surface area contributed by atoms with Gasteiger partial charge in [0.15, 0.2) is 6.61 Å². The zero-order valence-electron chi connectivity index (χ0n) is 17.8. The third kappa shape index (κ3) is 7.24. The molecular weight excluding hydrogens is 382 g/mol. The molecule has 1 unspecified atom stereocenters. The third-order valence-corrected chi connectivity index (χ3v) is 4.28. The molecule has 2 aromatic carbocycles. The van der Waals surface area contributed by atoms with Crippen molar-refractivity contribution in [1.29, 1.82) is 0 Å². The molecule has 0 spiro atoms. The molecule has 0 aromatic heterocycles. The number of hydrogen-bond acceptors (Lipinski definition) is 4. The van der Waals surface area contributed by atoms with Crippen molar-refractivity contribution in [3.63, 3.8) is 0 Å². The Hall–Kier alpha value is -3.35. The van der Waals surface area contributed by atoms with Crippen molar-refractivity contribution in [2.75, 3.05) is 26.0 Å². The number of carbonyl (C=O) groups excluding carboxylic acids is 3. The molecule has 160 valence electrons. The van der Waals surface area contributed by atoms with Crippen LogP contribution in [0.1, 0.15) is 31.9 Å². The number of rotatable bonds is 9. The first kappa shape index (κ1) is 22.9. The maximum absolute atomic E-state index is 12.9. The van der Waals surface area contributed by atoms with E-state index >= 15 is 0 Å². The Bertz CT molecular complexity index is 849. The quantitative estimate of drug-likeness (QED) is 0.664. The molecule has 7 nitrogen and oxygen atoms in total. The van der Waals surface area contributed by atoms with Gasteiger partial charge in [-0.05, 0) is 35.7 Å². The fourth-order valence-electron chi connectivity index (χ4n) is 2.66. The van der Waals surface area contributed by atoms with Crippen molar-refractivity contribution < 1.29 is 19.1 Å². The lowest BCUT2D eigenvalue weighted by Crippen LogP contribution is -2.37. The molecule has 0 saturated heterocycles. The number of anilines is 1. The van der Waals surface area contributed by atoms with Gasteiger partial charge in [-0.3, -0.25) is 14.4 Å². The van der Waals surface area contributed by atoms with Crippen LogP contribution in [0.5, 0.6) is 5.75 Å². The summed E-state index contributed by atoms with van der Waals surface area (Å²) in [4.78, 5) is 38.2. The predicted molar refractivity (Wildman–Crippen MR) is 116 cm³/mol.